The highest BCUT2D eigenvalue weighted by Crippen LogP contribution is 2.31. The average molecular weight is 381 g/mol. The minimum Gasteiger partial charge on any atom is -0.506 e. The molecule has 1 aromatic rings. The Kier molecular flexibility index (Phi) is 5.15. The van der Waals surface area contributed by atoms with E-state index in [0.717, 1.165) is 0 Å². The van der Waals surface area contributed by atoms with Crippen molar-refractivity contribution in [2.75, 3.05) is 0 Å². The highest BCUT2D eigenvalue weighted by molar-refractivity contribution is 9.11. The van der Waals surface area contributed by atoms with Crippen LogP contribution in [0.4, 0.5) is 0 Å². The summed E-state index contributed by atoms with van der Waals surface area (Å²) in [5.41, 5.74) is 0.0773. The first kappa shape index (κ1) is 15.0. The van der Waals surface area contributed by atoms with Crippen molar-refractivity contribution in [2.24, 2.45) is 0 Å². The lowest BCUT2D eigenvalue weighted by Gasteiger charge is -2.13. The normalized spacial score (nSPS) is 11.9. The number of hydrogen-bond donors (Lipinski definition) is 3. The number of rotatable bonds is 4. The molecule has 0 radical (unpaired) electrons. The molecule has 1 rings (SSSR count). The van der Waals surface area contributed by atoms with Crippen molar-refractivity contribution in [3.05, 3.63) is 26.6 Å². The number of aliphatic carboxylic acids is 1. The van der Waals surface area contributed by atoms with Crippen LogP contribution in [0.15, 0.2) is 21.1 Å². The number of nitrogens with one attached hydrogen (secondary N) is 1. The highest BCUT2D eigenvalue weighted by Gasteiger charge is 2.17. The third-order valence-electron chi connectivity index (χ3n) is 2.13. The summed E-state index contributed by atoms with van der Waals surface area (Å²) in [4.78, 5) is 22.3. The summed E-state index contributed by atoms with van der Waals surface area (Å²) in [6.07, 6.45) is -0.179. The van der Waals surface area contributed by atoms with Crippen LogP contribution in [0.5, 0.6) is 5.75 Å². The second-order valence-corrected chi connectivity index (χ2v) is 5.53. The number of carboxylic acids is 1. The predicted octanol–water partition coefficient (Wildman–Crippen LogP) is 2.51. The summed E-state index contributed by atoms with van der Waals surface area (Å²) in [5.74, 6) is -1.70. The van der Waals surface area contributed by atoms with E-state index in [-0.39, 0.29) is 17.7 Å². The number of halogens is 2. The van der Waals surface area contributed by atoms with Crippen LogP contribution >= 0.6 is 31.9 Å². The van der Waals surface area contributed by atoms with Gasteiger partial charge in [0.15, 0.2) is 0 Å². The quantitative estimate of drug-likeness (QED) is 0.748. The Balaban J connectivity index is 2.88. The molecule has 18 heavy (non-hydrogen) atoms. The third kappa shape index (κ3) is 3.99. The lowest BCUT2D eigenvalue weighted by Crippen LogP contribution is -2.34. The summed E-state index contributed by atoms with van der Waals surface area (Å²) >= 11 is 6.32. The highest BCUT2D eigenvalue weighted by atomic mass is 79.9. The molecule has 1 aromatic carbocycles. The van der Waals surface area contributed by atoms with Crippen molar-refractivity contribution in [3.63, 3.8) is 0 Å². The molecular weight excluding hydrogens is 370 g/mol. The van der Waals surface area contributed by atoms with E-state index in [1.54, 1.807) is 13.0 Å². The lowest BCUT2D eigenvalue weighted by atomic mass is 10.1. The van der Waals surface area contributed by atoms with Gasteiger partial charge in [-0.3, -0.25) is 9.59 Å². The molecule has 1 unspecified atom stereocenters. The fourth-order valence-corrected chi connectivity index (χ4v) is 2.58. The molecule has 3 N–H and O–H groups in total. The van der Waals surface area contributed by atoms with Gasteiger partial charge < -0.3 is 15.5 Å². The molecule has 7 heteroatoms. The molecule has 0 saturated carbocycles. The maximum atomic E-state index is 11.9. The number of phenolic OH excluding ortho intramolecular Hbond substituents is 1. The zero-order chi connectivity index (χ0) is 13.9. The van der Waals surface area contributed by atoms with Gasteiger partial charge in [-0.05, 0) is 35.0 Å². The number of carbonyl (C=O) groups excluding carboxylic acids is 1. The van der Waals surface area contributed by atoms with Gasteiger partial charge in [-0.25, -0.2) is 0 Å². The van der Waals surface area contributed by atoms with Crippen molar-refractivity contribution in [3.8, 4) is 5.75 Å². The van der Waals surface area contributed by atoms with Crippen molar-refractivity contribution >= 4 is 43.7 Å². The summed E-state index contributed by atoms with van der Waals surface area (Å²) in [7, 11) is 0. The Labute approximate surface area is 120 Å². The molecule has 0 spiro atoms. The first-order valence-electron chi connectivity index (χ1n) is 5.02. The molecule has 0 bridgehead atoms. The molecule has 0 fully saturated rings. The number of aromatic hydroxyl groups is 1. The minimum atomic E-state index is -0.998. The molecular formula is C11H11Br2NO4. The van der Waals surface area contributed by atoms with Gasteiger partial charge in [0.25, 0.3) is 5.91 Å². The van der Waals surface area contributed by atoms with Crippen LogP contribution < -0.4 is 5.32 Å². The Hall–Kier alpha value is -1.08. The molecule has 0 heterocycles. The van der Waals surface area contributed by atoms with E-state index >= 15 is 0 Å². The van der Waals surface area contributed by atoms with E-state index in [0.29, 0.717) is 8.95 Å². The molecule has 0 aliphatic rings. The summed E-state index contributed by atoms with van der Waals surface area (Å²) in [5, 5.41) is 20.8. The SMILES string of the molecule is CC(CC(=O)O)NC(=O)c1cc(Br)cc(Br)c1O. The van der Waals surface area contributed by atoms with E-state index in [1.165, 1.54) is 6.07 Å². The van der Waals surface area contributed by atoms with Crippen molar-refractivity contribution < 1.29 is 19.8 Å². The first-order valence-corrected chi connectivity index (χ1v) is 6.60. The number of carbonyl (C=O) groups is 2. The average Bonchev–Trinajstić information content (AvgIpc) is 2.21. The van der Waals surface area contributed by atoms with Crippen LogP contribution in [0.25, 0.3) is 0 Å². The molecule has 5 nitrogen and oxygen atoms in total. The van der Waals surface area contributed by atoms with Gasteiger partial charge in [-0.2, -0.15) is 0 Å². The van der Waals surface area contributed by atoms with Gasteiger partial charge in [0.1, 0.15) is 5.75 Å². The van der Waals surface area contributed by atoms with Gasteiger partial charge >= 0.3 is 5.97 Å². The van der Waals surface area contributed by atoms with Gasteiger partial charge in [0.05, 0.1) is 16.5 Å². The second-order valence-electron chi connectivity index (χ2n) is 3.76. The Bertz CT molecular complexity index is 490. The van der Waals surface area contributed by atoms with Crippen LogP contribution in [0.2, 0.25) is 0 Å². The number of hydrogen-bond acceptors (Lipinski definition) is 3. The third-order valence-corrected chi connectivity index (χ3v) is 3.19. The molecule has 0 aliphatic carbocycles. The van der Waals surface area contributed by atoms with E-state index in [1.807, 2.05) is 0 Å². The predicted molar refractivity (Wildman–Crippen MR) is 72.7 cm³/mol. The zero-order valence-electron chi connectivity index (χ0n) is 9.41. The van der Waals surface area contributed by atoms with Crippen LogP contribution in [0, 0.1) is 0 Å². The Morgan fingerprint density at radius 2 is 2.00 bits per heavy atom. The van der Waals surface area contributed by atoms with Gasteiger partial charge in [-0.15, -0.1) is 0 Å². The number of benzene rings is 1. The van der Waals surface area contributed by atoms with Gasteiger partial charge in [0.2, 0.25) is 0 Å². The lowest BCUT2D eigenvalue weighted by molar-refractivity contribution is -0.137. The van der Waals surface area contributed by atoms with Crippen LogP contribution in [0.3, 0.4) is 0 Å². The van der Waals surface area contributed by atoms with Crippen LogP contribution in [-0.2, 0) is 4.79 Å². The molecule has 98 valence electrons. The fraction of sp³-hybridized carbons (Fsp3) is 0.273. The summed E-state index contributed by atoms with van der Waals surface area (Å²) in [6, 6.07) is 2.54. The van der Waals surface area contributed by atoms with Gasteiger partial charge in [-0.1, -0.05) is 15.9 Å². The maximum absolute atomic E-state index is 11.9. The standard InChI is InChI=1S/C11H11Br2NO4/c1-5(2-9(15)16)14-11(18)7-3-6(12)4-8(13)10(7)17/h3-5,17H,2H2,1H3,(H,14,18)(H,15,16). The van der Waals surface area contributed by atoms with Crippen molar-refractivity contribution in [1.29, 1.82) is 0 Å². The molecule has 1 amide bonds. The van der Waals surface area contributed by atoms with E-state index in [9.17, 15) is 14.7 Å². The fourth-order valence-electron chi connectivity index (χ4n) is 1.35. The molecule has 0 aliphatic heterocycles. The number of amides is 1. The van der Waals surface area contributed by atoms with Crippen LogP contribution in [0.1, 0.15) is 23.7 Å². The minimum absolute atomic E-state index is 0.0773. The summed E-state index contributed by atoms with van der Waals surface area (Å²) in [6.45, 7) is 1.58. The molecule has 1 atom stereocenters. The first-order chi connectivity index (χ1) is 8.31. The maximum Gasteiger partial charge on any atom is 0.305 e. The van der Waals surface area contributed by atoms with E-state index < -0.39 is 17.9 Å². The molecule has 0 saturated heterocycles. The Morgan fingerprint density at radius 1 is 1.39 bits per heavy atom. The molecule has 0 aromatic heterocycles. The Morgan fingerprint density at radius 3 is 2.56 bits per heavy atom. The van der Waals surface area contributed by atoms with E-state index in [2.05, 4.69) is 37.2 Å². The van der Waals surface area contributed by atoms with Crippen LogP contribution in [-0.4, -0.2) is 28.1 Å². The topological polar surface area (TPSA) is 86.6 Å². The second kappa shape index (κ2) is 6.19. The van der Waals surface area contributed by atoms with Gasteiger partial charge in [0, 0.05) is 10.5 Å². The van der Waals surface area contributed by atoms with E-state index in [4.69, 9.17) is 5.11 Å². The zero-order valence-corrected chi connectivity index (χ0v) is 12.6. The number of phenols is 1. The smallest absolute Gasteiger partial charge is 0.305 e. The largest absolute Gasteiger partial charge is 0.506 e. The summed E-state index contributed by atoms with van der Waals surface area (Å²) < 4.78 is 1.01. The van der Waals surface area contributed by atoms with Crippen molar-refractivity contribution in [2.45, 2.75) is 19.4 Å². The van der Waals surface area contributed by atoms with Crippen molar-refractivity contribution in [1.82, 2.24) is 5.32 Å². The number of carboxylic acid groups (broad SMARTS) is 1. The monoisotopic (exact) mass is 379 g/mol.